The molecule has 0 saturated heterocycles. The molecule has 0 saturated carbocycles. The lowest BCUT2D eigenvalue weighted by Crippen LogP contribution is -2.48. The second-order valence-corrected chi connectivity index (χ2v) is 7.31. The SMILES string of the molecule is CNC(=O)[C@@H](C)N(Cc1ccc(OC)cc1)C(=O)COc1ccc(Cl)cc1Br. The zero-order chi connectivity index (χ0) is 20.7. The molecule has 0 radical (unpaired) electrons. The molecule has 0 bridgehead atoms. The van der Waals surface area contributed by atoms with Crippen molar-refractivity contribution in [1.29, 1.82) is 0 Å². The first kappa shape index (κ1) is 22.0. The van der Waals surface area contributed by atoms with Gasteiger partial charge in [-0.2, -0.15) is 0 Å². The van der Waals surface area contributed by atoms with E-state index >= 15 is 0 Å². The maximum Gasteiger partial charge on any atom is 0.261 e. The second kappa shape index (κ2) is 10.3. The van der Waals surface area contributed by atoms with E-state index < -0.39 is 6.04 Å². The lowest BCUT2D eigenvalue weighted by molar-refractivity contribution is -0.142. The van der Waals surface area contributed by atoms with Crippen LogP contribution in [0.4, 0.5) is 0 Å². The van der Waals surface area contributed by atoms with E-state index in [4.69, 9.17) is 21.1 Å². The number of benzene rings is 2. The number of halogens is 2. The van der Waals surface area contributed by atoms with Crippen molar-refractivity contribution in [3.63, 3.8) is 0 Å². The Bertz CT molecular complexity index is 829. The minimum absolute atomic E-state index is 0.211. The fourth-order valence-corrected chi connectivity index (χ4v) is 3.33. The van der Waals surface area contributed by atoms with Crippen molar-refractivity contribution in [2.45, 2.75) is 19.5 Å². The molecule has 0 unspecified atom stereocenters. The van der Waals surface area contributed by atoms with E-state index in [2.05, 4.69) is 21.2 Å². The van der Waals surface area contributed by atoms with Gasteiger partial charge in [-0.15, -0.1) is 0 Å². The smallest absolute Gasteiger partial charge is 0.261 e. The highest BCUT2D eigenvalue weighted by atomic mass is 79.9. The number of nitrogens with one attached hydrogen (secondary N) is 1. The monoisotopic (exact) mass is 468 g/mol. The topological polar surface area (TPSA) is 67.9 Å². The molecule has 2 aromatic rings. The highest BCUT2D eigenvalue weighted by molar-refractivity contribution is 9.10. The Labute approximate surface area is 177 Å². The molecule has 0 aromatic heterocycles. The summed E-state index contributed by atoms with van der Waals surface area (Å²) in [7, 11) is 3.13. The summed E-state index contributed by atoms with van der Waals surface area (Å²) in [5.74, 6) is 0.648. The number of ether oxygens (including phenoxy) is 2. The van der Waals surface area contributed by atoms with E-state index in [1.807, 2.05) is 24.3 Å². The minimum atomic E-state index is -0.656. The van der Waals surface area contributed by atoms with Crippen LogP contribution in [0.2, 0.25) is 5.02 Å². The van der Waals surface area contributed by atoms with Gasteiger partial charge in [0.1, 0.15) is 17.5 Å². The molecule has 1 N–H and O–H groups in total. The third-order valence-corrected chi connectivity index (χ3v) is 5.03. The number of carbonyl (C=O) groups is 2. The highest BCUT2D eigenvalue weighted by Crippen LogP contribution is 2.28. The lowest BCUT2D eigenvalue weighted by atomic mass is 10.1. The summed E-state index contributed by atoms with van der Waals surface area (Å²) in [6.45, 7) is 1.73. The van der Waals surface area contributed by atoms with Crippen LogP contribution < -0.4 is 14.8 Å². The number of hydrogen-bond donors (Lipinski definition) is 1. The number of likely N-dealkylation sites (N-methyl/N-ethyl adjacent to an activating group) is 1. The second-order valence-electron chi connectivity index (χ2n) is 6.02. The normalized spacial score (nSPS) is 11.5. The van der Waals surface area contributed by atoms with Gasteiger partial charge in [0.2, 0.25) is 5.91 Å². The fraction of sp³-hybridized carbons (Fsp3) is 0.300. The molecular weight excluding hydrogens is 448 g/mol. The van der Waals surface area contributed by atoms with Crippen LogP contribution in [0.1, 0.15) is 12.5 Å². The van der Waals surface area contributed by atoms with E-state index in [1.165, 1.54) is 11.9 Å². The van der Waals surface area contributed by atoms with Gasteiger partial charge in [-0.05, 0) is 58.7 Å². The van der Waals surface area contributed by atoms with Crippen LogP contribution in [-0.2, 0) is 16.1 Å². The van der Waals surface area contributed by atoms with E-state index in [1.54, 1.807) is 32.2 Å². The predicted molar refractivity (Wildman–Crippen MR) is 112 cm³/mol. The summed E-state index contributed by atoms with van der Waals surface area (Å²) in [5.41, 5.74) is 0.873. The molecule has 8 heteroatoms. The zero-order valence-corrected chi connectivity index (χ0v) is 18.2. The number of carbonyl (C=O) groups excluding carboxylic acids is 2. The van der Waals surface area contributed by atoms with E-state index in [9.17, 15) is 9.59 Å². The first-order chi connectivity index (χ1) is 13.3. The number of rotatable bonds is 8. The molecule has 0 spiro atoms. The standard InChI is InChI=1S/C20H22BrClN2O4/c1-13(20(26)23-2)24(11-14-4-7-16(27-3)8-5-14)19(25)12-28-18-9-6-15(22)10-17(18)21/h4-10,13H,11-12H2,1-3H3,(H,23,26)/t13-/m1/s1. The summed E-state index contributed by atoms with van der Waals surface area (Å²) in [5, 5.41) is 3.13. The van der Waals surface area contributed by atoms with Crippen LogP contribution in [0.3, 0.4) is 0 Å². The van der Waals surface area contributed by atoms with Gasteiger partial charge < -0.3 is 19.7 Å². The molecule has 0 aliphatic heterocycles. The fourth-order valence-electron chi connectivity index (χ4n) is 2.53. The van der Waals surface area contributed by atoms with Gasteiger partial charge in [0.25, 0.3) is 5.91 Å². The molecule has 0 heterocycles. The molecule has 0 aliphatic rings. The van der Waals surface area contributed by atoms with Crippen LogP contribution in [0, 0.1) is 0 Å². The van der Waals surface area contributed by atoms with Crippen LogP contribution in [0.15, 0.2) is 46.9 Å². The average molecular weight is 470 g/mol. The van der Waals surface area contributed by atoms with Crippen molar-refractivity contribution < 1.29 is 19.1 Å². The molecule has 0 fully saturated rings. The Morgan fingerprint density at radius 1 is 1.21 bits per heavy atom. The molecular formula is C20H22BrClN2O4. The Kier molecular flexibility index (Phi) is 8.14. The van der Waals surface area contributed by atoms with Crippen LogP contribution in [0.5, 0.6) is 11.5 Å². The van der Waals surface area contributed by atoms with Gasteiger partial charge >= 0.3 is 0 Å². The summed E-state index contributed by atoms with van der Waals surface area (Å²) < 4.78 is 11.4. The van der Waals surface area contributed by atoms with Gasteiger partial charge in [-0.1, -0.05) is 23.7 Å². The molecule has 2 rings (SSSR count). The van der Waals surface area contributed by atoms with E-state index in [-0.39, 0.29) is 25.0 Å². The summed E-state index contributed by atoms with van der Waals surface area (Å²) in [6.07, 6.45) is 0. The van der Waals surface area contributed by atoms with Crippen molar-refractivity contribution in [1.82, 2.24) is 10.2 Å². The molecule has 0 aliphatic carbocycles. The molecule has 6 nitrogen and oxygen atoms in total. The largest absolute Gasteiger partial charge is 0.497 e. The number of hydrogen-bond acceptors (Lipinski definition) is 4. The minimum Gasteiger partial charge on any atom is -0.497 e. The maximum atomic E-state index is 12.8. The zero-order valence-electron chi connectivity index (χ0n) is 15.9. The highest BCUT2D eigenvalue weighted by Gasteiger charge is 2.26. The average Bonchev–Trinajstić information content (AvgIpc) is 2.70. The van der Waals surface area contributed by atoms with Gasteiger partial charge in [0, 0.05) is 18.6 Å². The quantitative estimate of drug-likeness (QED) is 0.641. The van der Waals surface area contributed by atoms with Crippen LogP contribution in [-0.4, -0.2) is 43.5 Å². The van der Waals surface area contributed by atoms with Crippen molar-refractivity contribution in [3.8, 4) is 11.5 Å². The molecule has 1 atom stereocenters. The Morgan fingerprint density at radius 3 is 2.46 bits per heavy atom. The van der Waals surface area contributed by atoms with E-state index in [0.29, 0.717) is 15.2 Å². The van der Waals surface area contributed by atoms with E-state index in [0.717, 1.165) is 11.3 Å². The van der Waals surface area contributed by atoms with Crippen LogP contribution in [0.25, 0.3) is 0 Å². The number of methoxy groups -OCH3 is 1. The van der Waals surface area contributed by atoms with Crippen LogP contribution >= 0.6 is 27.5 Å². The summed E-state index contributed by atoms with van der Waals surface area (Å²) in [6, 6.07) is 11.7. The molecule has 2 amide bonds. The number of amides is 2. The Morgan fingerprint density at radius 2 is 1.89 bits per heavy atom. The van der Waals surface area contributed by atoms with Gasteiger partial charge in [0.05, 0.1) is 11.6 Å². The van der Waals surface area contributed by atoms with Gasteiger partial charge in [-0.3, -0.25) is 9.59 Å². The molecule has 150 valence electrons. The van der Waals surface area contributed by atoms with Crippen molar-refractivity contribution in [2.75, 3.05) is 20.8 Å². The third kappa shape index (κ3) is 5.87. The first-order valence-corrected chi connectivity index (χ1v) is 9.74. The maximum absolute atomic E-state index is 12.8. The first-order valence-electron chi connectivity index (χ1n) is 8.57. The Hall–Kier alpha value is -2.25. The molecule has 28 heavy (non-hydrogen) atoms. The van der Waals surface area contributed by atoms with Crippen molar-refractivity contribution in [3.05, 3.63) is 57.5 Å². The van der Waals surface area contributed by atoms with Crippen molar-refractivity contribution >= 4 is 39.3 Å². The Balaban J connectivity index is 2.14. The van der Waals surface area contributed by atoms with Gasteiger partial charge in [-0.25, -0.2) is 0 Å². The summed E-state index contributed by atoms with van der Waals surface area (Å²) >= 11 is 9.27. The lowest BCUT2D eigenvalue weighted by Gasteiger charge is -2.28. The predicted octanol–water partition coefficient (Wildman–Crippen LogP) is 3.65. The van der Waals surface area contributed by atoms with Crippen molar-refractivity contribution in [2.24, 2.45) is 0 Å². The summed E-state index contributed by atoms with van der Waals surface area (Å²) in [4.78, 5) is 26.4. The number of nitrogens with zero attached hydrogens (tertiary/aromatic N) is 1. The third-order valence-electron chi connectivity index (χ3n) is 4.17. The van der Waals surface area contributed by atoms with Gasteiger partial charge in [0.15, 0.2) is 6.61 Å². The molecule has 2 aromatic carbocycles.